The zero-order valence-electron chi connectivity index (χ0n) is 10.8. The maximum Gasteiger partial charge on any atom is 0.260 e. The van der Waals surface area contributed by atoms with Crippen LogP contribution in [0.5, 0.6) is 5.75 Å². The van der Waals surface area contributed by atoms with Crippen LogP contribution in [0.3, 0.4) is 0 Å². The zero-order valence-corrected chi connectivity index (χ0v) is 10.8. The molecule has 2 N–H and O–H groups in total. The normalized spacial score (nSPS) is 10.2. The number of rotatable bonds is 6. The lowest BCUT2D eigenvalue weighted by Crippen LogP contribution is -2.36. The molecule has 0 aliphatic heterocycles. The molecule has 0 fully saturated rings. The van der Waals surface area contributed by atoms with Crippen molar-refractivity contribution in [1.29, 1.82) is 0 Å². The standard InChI is InChI=1S/C13H19FN2O2/c1-3-8-16(9-7-15)13(17)12-10(14)5-4-6-11(12)18-2/h4-6H,3,7-9,15H2,1-2H3. The maximum atomic E-state index is 13.8. The number of halogens is 1. The fourth-order valence-corrected chi connectivity index (χ4v) is 1.78. The molecule has 0 heterocycles. The van der Waals surface area contributed by atoms with Gasteiger partial charge in [-0.05, 0) is 18.6 Å². The van der Waals surface area contributed by atoms with E-state index in [1.54, 1.807) is 11.0 Å². The van der Waals surface area contributed by atoms with Gasteiger partial charge in [-0.1, -0.05) is 13.0 Å². The van der Waals surface area contributed by atoms with Gasteiger partial charge in [0.2, 0.25) is 0 Å². The van der Waals surface area contributed by atoms with Gasteiger partial charge in [0.25, 0.3) is 5.91 Å². The van der Waals surface area contributed by atoms with Gasteiger partial charge in [-0.2, -0.15) is 0 Å². The number of nitrogens with two attached hydrogens (primary N) is 1. The molecule has 0 radical (unpaired) electrons. The van der Waals surface area contributed by atoms with E-state index in [0.29, 0.717) is 19.6 Å². The van der Waals surface area contributed by atoms with Crippen LogP contribution in [0.4, 0.5) is 4.39 Å². The topological polar surface area (TPSA) is 55.6 Å². The van der Waals surface area contributed by atoms with Gasteiger partial charge in [-0.15, -0.1) is 0 Å². The van der Waals surface area contributed by atoms with Gasteiger partial charge in [0, 0.05) is 19.6 Å². The van der Waals surface area contributed by atoms with E-state index in [1.807, 2.05) is 6.92 Å². The van der Waals surface area contributed by atoms with Crippen molar-refractivity contribution in [2.45, 2.75) is 13.3 Å². The van der Waals surface area contributed by atoms with E-state index in [-0.39, 0.29) is 17.2 Å². The van der Waals surface area contributed by atoms with Crippen molar-refractivity contribution >= 4 is 5.91 Å². The van der Waals surface area contributed by atoms with Crippen molar-refractivity contribution in [2.24, 2.45) is 5.73 Å². The molecule has 5 heteroatoms. The van der Waals surface area contributed by atoms with Crippen LogP contribution in [-0.2, 0) is 0 Å². The highest BCUT2D eigenvalue weighted by molar-refractivity contribution is 5.97. The molecule has 0 spiro atoms. The minimum atomic E-state index is -0.572. The summed E-state index contributed by atoms with van der Waals surface area (Å²) in [7, 11) is 1.42. The number of hydrogen-bond acceptors (Lipinski definition) is 3. The first kappa shape index (κ1) is 14.4. The summed E-state index contributed by atoms with van der Waals surface area (Å²) in [6, 6.07) is 4.34. The average molecular weight is 254 g/mol. The number of benzene rings is 1. The largest absolute Gasteiger partial charge is 0.496 e. The molecule has 4 nitrogen and oxygen atoms in total. The number of carbonyl (C=O) groups excluding carboxylic acids is 1. The van der Waals surface area contributed by atoms with Crippen LogP contribution in [0, 0.1) is 5.82 Å². The number of carbonyl (C=O) groups is 1. The molecule has 0 saturated heterocycles. The fraction of sp³-hybridized carbons (Fsp3) is 0.462. The Morgan fingerprint density at radius 1 is 1.44 bits per heavy atom. The maximum absolute atomic E-state index is 13.8. The lowest BCUT2D eigenvalue weighted by Gasteiger charge is -2.22. The Hall–Kier alpha value is -1.62. The first-order valence-corrected chi connectivity index (χ1v) is 5.97. The molecule has 18 heavy (non-hydrogen) atoms. The summed E-state index contributed by atoms with van der Waals surface area (Å²) in [5.41, 5.74) is 5.44. The Morgan fingerprint density at radius 2 is 2.17 bits per heavy atom. The molecule has 0 bridgehead atoms. The number of nitrogens with zero attached hydrogens (tertiary/aromatic N) is 1. The first-order chi connectivity index (χ1) is 8.65. The zero-order chi connectivity index (χ0) is 13.5. The van der Waals surface area contributed by atoms with E-state index < -0.39 is 5.82 Å². The summed E-state index contributed by atoms with van der Waals surface area (Å²) in [6.45, 7) is 3.26. The second-order valence-electron chi connectivity index (χ2n) is 3.90. The van der Waals surface area contributed by atoms with Crippen molar-refractivity contribution in [3.05, 3.63) is 29.6 Å². The fourth-order valence-electron chi connectivity index (χ4n) is 1.78. The van der Waals surface area contributed by atoms with E-state index in [9.17, 15) is 9.18 Å². The summed E-state index contributed by atoms with van der Waals surface area (Å²) in [5.74, 6) is -0.701. The van der Waals surface area contributed by atoms with Crippen LogP contribution in [0.1, 0.15) is 23.7 Å². The highest BCUT2D eigenvalue weighted by Crippen LogP contribution is 2.22. The predicted molar refractivity (Wildman–Crippen MR) is 68.2 cm³/mol. The van der Waals surface area contributed by atoms with Crippen molar-refractivity contribution < 1.29 is 13.9 Å². The van der Waals surface area contributed by atoms with Crippen LogP contribution in [0.25, 0.3) is 0 Å². The van der Waals surface area contributed by atoms with Crippen LogP contribution < -0.4 is 10.5 Å². The molecule has 1 amide bonds. The lowest BCUT2D eigenvalue weighted by molar-refractivity contribution is 0.0752. The molecular formula is C13H19FN2O2. The average Bonchev–Trinajstić information content (AvgIpc) is 2.37. The summed E-state index contributed by atoms with van der Waals surface area (Å²) in [4.78, 5) is 13.8. The van der Waals surface area contributed by atoms with Crippen molar-refractivity contribution in [1.82, 2.24) is 4.90 Å². The summed E-state index contributed by atoms with van der Waals surface area (Å²) < 4.78 is 18.8. The van der Waals surface area contributed by atoms with E-state index in [4.69, 9.17) is 10.5 Å². The third-order valence-electron chi connectivity index (χ3n) is 2.59. The van der Waals surface area contributed by atoms with Gasteiger partial charge in [0.1, 0.15) is 17.1 Å². The van der Waals surface area contributed by atoms with E-state index in [2.05, 4.69) is 0 Å². The Kier molecular flexibility index (Phi) is 5.58. The van der Waals surface area contributed by atoms with Gasteiger partial charge < -0.3 is 15.4 Å². The van der Waals surface area contributed by atoms with Gasteiger partial charge in [0.05, 0.1) is 7.11 Å². The molecule has 0 aliphatic rings. The first-order valence-electron chi connectivity index (χ1n) is 5.97. The highest BCUT2D eigenvalue weighted by atomic mass is 19.1. The molecule has 1 rings (SSSR count). The molecule has 0 atom stereocenters. The lowest BCUT2D eigenvalue weighted by atomic mass is 10.1. The van der Waals surface area contributed by atoms with Gasteiger partial charge in [-0.3, -0.25) is 4.79 Å². The van der Waals surface area contributed by atoms with Crippen LogP contribution >= 0.6 is 0 Å². The summed E-state index contributed by atoms with van der Waals surface area (Å²) in [6.07, 6.45) is 0.794. The molecule has 100 valence electrons. The Balaban J connectivity index is 3.07. The number of methoxy groups -OCH3 is 1. The number of amides is 1. The van der Waals surface area contributed by atoms with Crippen LogP contribution in [0.2, 0.25) is 0 Å². The SMILES string of the molecule is CCCN(CCN)C(=O)c1c(F)cccc1OC. The molecule has 1 aromatic carbocycles. The number of ether oxygens (including phenoxy) is 1. The van der Waals surface area contributed by atoms with Gasteiger partial charge in [-0.25, -0.2) is 4.39 Å². The second kappa shape index (κ2) is 6.96. The van der Waals surface area contributed by atoms with E-state index in [1.165, 1.54) is 19.2 Å². The minimum Gasteiger partial charge on any atom is -0.496 e. The third-order valence-corrected chi connectivity index (χ3v) is 2.59. The van der Waals surface area contributed by atoms with Gasteiger partial charge >= 0.3 is 0 Å². The Morgan fingerprint density at radius 3 is 2.72 bits per heavy atom. The molecule has 0 unspecified atom stereocenters. The quantitative estimate of drug-likeness (QED) is 0.839. The Labute approximate surface area is 107 Å². The molecule has 0 saturated carbocycles. The van der Waals surface area contributed by atoms with Gasteiger partial charge in [0.15, 0.2) is 0 Å². The van der Waals surface area contributed by atoms with E-state index in [0.717, 1.165) is 6.42 Å². The number of hydrogen-bond donors (Lipinski definition) is 1. The second-order valence-corrected chi connectivity index (χ2v) is 3.90. The highest BCUT2D eigenvalue weighted by Gasteiger charge is 2.22. The van der Waals surface area contributed by atoms with Crippen molar-refractivity contribution in [2.75, 3.05) is 26.7 Å². The third kappa shape index (κ3) is 3.20. The Bertz CT molecular complexity index is 404. The van der Waals surface area contributed by atoms with Crippen molar-refractivity contribution in [3.63, 3.8) is 0 Å². The predicted octanol–water partition coefficient (Wildman–Crippen LogP) is 1.65. The summed E-state index contributed by atoms with van der Waals surface area (Å²) >= 11 is 0. The smallest absolute Gasteiger partial charge is 0.260 e. The molecule has 0 aromatic heterocycles. The molecule has 1 aromatic rings. The van der Waals surface area contributed by atoms with Crippen molar-refractivity contribution in [3.8, 4) is 5.75 Å². The van der Waals surface area contributed by atoms with E-state index >= 15 is 0 Å². The van der Waals surface area contributed by atoms with Crippen LogP contribution in [0.15, 0.2) is 18.2 Å². The summed E-state index contributed by atoms with van der Waals surface area (Å²) in [5, 5.41) is 0. The van der Waals surface area contributed by atoms with Crippen LogP contribution in [-0.4, -0.2) is 37.6 Å². The monoisotopic (exact) mass is 254 g/mol. The molecule has 0 aliphatic carbocycles. The molecular weight excluding hydrogens is 235 g/mol. The minimum absolute atomic E-state index is 0.0260.